The monoisotopic (exact) mass is 193 g/mol. The van der Waals surface area contributed by atoms with Crippen LogP contribution in [0.25, 0.3) is 0 Å². The van der Waals surface area contributed by atoms with Gasteiger partial charge in [0.25, 0.3) is 0 Å². The molecule has 0 radical (unpaired) electrons. The minimum Gasteiger partial charge on any atom is -0.367 e. The number of anilines is 1. The molecule has 0 aliphatic rings. The number of halogens is 1. The molecular formula is C8H8FN5. The lowest BCUT2D eigenvalue weighted by Crippen LogP contribution is -2.06. The lowest BCUT2D eigenvalue weighted by Gasteiger charge is -2.00. The fraction of sp³-hybridized carbons (Fsp3) is 0.125. The van der Waals surface area contributed by atoms with Crippen LogP contribution >= 0.6 is 0 Å². The van der Waals surface area contributed by atoms with Crippen LogP contribution in [0.4, 0.5) is 10.3 Å². The van der Waals surface area contributed by atoms with Crippen LogP contribution in [-0.4, -0.2) is 20.2 Å². The van der Waals surface area contributed by atoms with Crippen LogP contribution in [0.3, 0.4) is 0 Å². The number of benzene rings is 1. The van der Waals surface area contributed by atoms with Crippen molar-refractivity contribution in [2.75, 3.05) is 5.73 Å². The number of aromatic nitrogens is 4. The van der Waals surface area contributed by atoms with E-state index >= 15 is 0 Å². The minimum atomic E-state index is -0.265. The first-order valence-corrected chi connectivity index (χ1v) is 4.02. The minimum absolute atomic E-state index is 0.245. The number of hydrogen-bond acceptors (Lipinski definition) is 4. The first-order chi connectivity index (χ1) is 6.75. The SMILES string of the molecule is Nc1nnnn1Cc1ccc(F)cc1. The maximum Gasteiger partial charge on any atom is 0.240 e. The maximum absolute atomic E-state index is 12.6. The summed E-state index contributed by atoms with van der Waals surface area (Å²) in [5.74, 6) is -0.0206. The van der Waals surface area contributed by atoms with Crippen molar-refractivity contribution in [3.63, 3.8) is 0 Å². The number of hydrogen-bond donors (Lipinski definition) is 1. The average Bonchev–Trinajstić information content (AvgIpc) is 2.56. The molecule has 1 aromatic carbocycles. The van der Waals surface area contributed by atoms with E-state index in [1.54, 1.807) is 12.1 Å². The van der Waals surface area contributed by atoms with Gasteiger partial charge in [-0.1, -0.05) is 17.2 Å². The van der Waals surface area contributed by atoms with Gasteiger partial charge >= 0.3 is 0 Å². The highest BCUT2D eigenvalue weighted by Crippen LogP contribution is 2.05. The molecule has 0 amide bonds. The molecule has 0 atom stereocenters. The molecule has 0 unspecified atom stereocenters. The van der Waals surface area contributed by atoms with Crippen molar-refractivity contribution in [2.45, 2.75) is 6.54 Å². The van der Waals surface area contributed by atoms with Crippen LogP contribution in [0.5, 0.6) is 0 Å². The second-order valence-corrected chi connectivity index (χ2v) is 2.82. The molecule has 5 nitrogen and oxygen atoms in total. The Morgan fingerprint density at radius 1 is 1.29 bits per heavy atom. The van der Waals surface area contributed by atoms with Gasteiger partial charge in [-0.25, -0.2) is 9.07 Å². The van der Waals surface area contributed by atoms with E-state index in [4.69, 9.17) is 5.73 Å². The highest BCUT2D eigenvalue weighted by Gasteiger charge is 2.01. The Morgan fingerprint density at radius 3 is 2.57 bits per heavy atom. The first kappa shape index (κ1) is 8.61. The van der Waals surface area contributed by atoms with E-state index in [2.05, 4.69) is 15.5 Å². The molecule has 0 bridgehead atoms. The van der Waals surface area contributed by atoms with Gasteiger partial charge in [-0.2, -0.15) is 0 Å². The van der Waals surface area contributed by atoms with E-state index < -0.39 is 0 Å². The Kier molecular flexibility index (Phi) is 2.10. The lowest BCUT2D eigenvalue weighted by atomic mass is 10.2. The number of nitrogen functional groups attached to an aromatic ring is 1. The van der Waals surface area contributed by atoms with Crippen molar-refractivity contribution >= 4 is 5.95 Å². The molecular weight excluding hydrogens is 185 g/mol. The summed E-state index contributed by atoms with van der Waals surface area (Å²) in [6, 6.07) is 6.10. The van der Waals surface area contributed by atoms with Crippen LogP contribution in [0.2, 0.25) is 0 Å². The summed E-state index contributed by atoms with van der Waals surface area (Å²) in [4.78, 5) is 0. The molecule has 1 heterocycles. The average molecular weight is 193 g/mol. The Labute approximate surface area is 79.3 Å². The van der Waals surface area contributed by atoms with Crippen LogP contribution in [0.1, 0.15) is 5.56 Å². The molecule has 2 rings (SSSR count). The fourth-order valence-corrected chi connectivity index (χ4v) is 1.09. The summed E-state index contributed by atoms with van der Waals surface area (Å²) in [6.45, 7) is 0.444. The van der Waals surface area contributed by atoms with Crippen molar-refractivity contribution in [1.29, 1.82) is 0 Å². The summed E-state index contributed by atoms with van der Waals surface area (Å²) in [5, 5.41) is 10.6. The lowest BCUT2D eigenvalue weighted by molar-refractivity contribution is 0.622. The normalized spacial score (nSPS) is 10.4. The third-order valence-electron chi connectivity index (χ3n) is 1.81. The summed E-state index contributed by atoms with van der Waals surface area (Å²) >= 11 is 0. The van der Waals surface area contributed by atoms with Gasteiger partial charge < -0.3 is 5.73 Å². The predicted octanol–water partition coefficient (Wildman–Crippen LogP) is 0.443. The molecule has 0 aliphatic carbocycles. The zero-order valence-corrected chi connectivity index (χ0v) is 7.26. The van der Waals surface area contributed by atoms with Gasteiger partial charge in [0.2, 0.25) is 5.95 Å². The van der Waals surface area contributed by atoms with Gasteiger partial charge in [0.05, 0.1) is 6.54 Å². The molecule has 1 aromatic heterocycles. The molecule has 0 aliphatic heterocycles. The van der Waals surface area contributed by atoms with Crippen molar-refractivity contribution in [2.24, 2.45) is 0 Å². The molecule has 0 saturated carbocycles. The molecule has 0 spiro atoms. The van der Waals surface area contributed by atoms with Gasteiger partial charge in [-0.05, 0) is 28.1 Å². The van der Waals surface area contributed by atoms with Crippen molar-refractivity contribution < 1.29 is 4.39 Å². The quantitative estimate of drug-likeness (QED) is 0.751. The zero-order valence-electron chi connectivity index (χ0n) is 7.26. The van der Waals surface area contributed by atoms with Crippen molar-refractivity contribution in [3.8, 4) is 0 Å². The van der Waals surface area contributed by atoms with Crippen LogP contribution in [0.15, 0.2) is 24.3 Å². The highest BCUT2D eigenvalue weighted by molar-refractivity contribution is 5.19. The van der Waals surface area contributed by atoms with E-state index in [1.165, 1.54) is 16.8 Å². The van der Waals surface area contributed by atoms with Crippen LogP contribution in [-0.2, 0) is 6.54 Å². The molecule has 0 saturated heterocycles. The molecule has 2 aromatic rings. The van der Waals surface area contributed by atoms with E-state index in [-0.39, 0.29) is 11.8 Å². The predicted molar refractivity (Wildman–Crippen MR) is 47.7 cm³/mol. The van der Waals surface area contributed by atoms with Gasteiger partial charge in [0, 0.05) is 0 Å². The van der Waals surface area contributed by atoms with E-state index in [9.17, 15) is 4.39 Å². The topological polar surface area (TPSA) is 69.6 Å². The smallest absolute Gasteiger partial charge is 0.240 e. The molecule has 6 heteroatoms. The molecule has 2 N–H and O–H groups in total. The third-order valence-corrected chi connectivity index (χ3v) is 1.81. The van der Waals surface area contributed by atoms with Gasteiger partial charge in [-0.15, -0.1) is 0 Å². The number of nitrogens with two attached hydrogens (primary N) is 1. The van der Waals surface area contributed by atoms with Crippen LogP contribution < -0.4 is 5.73 Å². The zero-order chi connectivity index (χ0) is 9.97. The van der Waals surface area contributed by atoms with Gasteiger partial charge in [0.15, 0.2) is 0 Å². The Morgan fingerprint density at radius 2 is 2.00 bits per heavy atom. The van der Waals surface area contributed by atoms with E-state index in [1.807, 2.05) is 0 Å². The van der Waals surface area contributed by atoms with Crippen molar-refractivity contribution in [3.05, 3.63) is 35.6 Å². The highest BCUT2D eigenvalue weighted by atomic mass is 19.1. The second kappa shape index (κ2) is 3.41. The standard InChI is InChI=1S/C8H8FN5/c9-7-3-1-6(2-4-7)5-14-8(10)11-12-13-14/h1-4H,5H2,(H2,10,11,13). The van der Waals surface area contributed by atoms with Gasteiger partial charge in [-0.3, -0.25) is 0 Å². The van der Waals surface area contributed by atoms with Crippen LogP contribution in [0, 0.1) is 5.82 Å². The number of nitrogens with zero attached hydrogens (tertiary/aromatic N) is 4. The Hall–Kier alpha value is -1.98. The maximum atomic E-state index is 12.6. The first-order valence-electron chi connectivity index (χ1n) is 4.02. The summed E-state index contributed by atoms with van der Waals surface area (Å²) in [5.41, 5.74) is 6.36. The van der Waals surface area contributed by atoms with E-state index in [0.717, 1.165) is 5.56 Å². The third kappa shape index (κ3) is 1.68. The molecule has 72 valence electrons. The largest absolute Gasteiger partial charge is 0.367 e. The number of tetrazole rings is 1. The second-order valence-electron chi connectivity index (χ2n) is 2.82. The Bertz CT molecular complexity index is 422. The Balaban J connectivity index is 2.19. The molecule has 0 fully saturated rings. The fourth-order valence-electron chi connectivity index (χ4n) is 1.09. The number of rotatable bonds is 2. The molecule has 14 heavy (non-hydrogen) atoms. The van der Waals surface area contributed by atoms with E-state index in [0.29, 0.717) is 6.54 Å². The van der Waals surface area contributed by atoms with Gasteiger partial charge in [0.1, 0.15) is 5.82 Å². The summed E-state index contributed by atoms with van der Waals surface area (Å²) in [7, 11) is 0. The van der Waals surface area contributed by atoms with Crippen molar-refractivity contribution in [1.82, 2.24) is 20.2 Å². The summed E-state index contributed by atoms with van der Waals surface area (Å²) < 4.78 is 14.0. The summed E-state index contributed by atoms with van der Waals surface area (Å²) in [6.07, 6.45) is 0.